The standard InChI is InChI=1S/C11H13ClN2O2/c1-13-5-3-2-4-8-6-9(11(15)16)7-14-10(8)12/h2,4,6-7,13H,3,5H2,1H3,(H,15,16). The zero-order chi connectivity index (χ0) is 12.0. The number of nitrogens with zero attached hydrogens (tertiary/aromatic N) is 1. The van der Waals surface area contributed by atoms with E-state index in [1.165, 1.54) is 12.3 Å². The van der Waals surface area contributed by atoms with Crippen molar-refractivity contribution in [1.82, 2.24) is 10.3 Å². The molecule has 0 bridgehead atoms. The normalized spacial score (nSPS) is 10.9. The van der Waals surface area contributed by atoms with Gasteiger partial charge in [-0.1, -0.05) is 23.8 Å². The molecule has 0 aliphatic heterocycles. The molecule has 5 heteroatoms. The van der Waals surface area contributed by atoms with Crippen molar-refractivity contribution in [2.75, 3.05) is 13.6 Å². The lowest BCUT2D eigenvalue weighted by Crippen LogP contribution is -2.05. The summed E-state index contributed by atoms with van der Waals surface area (Å²) in [4.78, 5) is 14.5. The minimum absolute atomic E-state index is 0.137. The molecule has 0 atom stereocenters. The van der Waals surface area contributed by atoms with Crippen LogP contribution >= 0.6 is 11.6 Å². The number of aromatic nitrogens is 1. The molecule has 1 heterocycles. The van der Waals surface area contributed by atoms with E-state index in [4.69, 9.17) is 16.7 Å². The van der Waals surface area contributed by atoms with Crippen LogP contribution < -0.4 is 5.32 Å². The van der Waals surface area contributed by atoms with Crippen LogP contribution in [0.15, 0.2) is 18.3 Å². The Hall–Kier alpha value is -1.39. The van der Waals surface area contributed by atoms with E-state index in [-0.39, 0.29) is 5.56 Å². The highest BCUT2D eigenvalue weighted by Gasteiger charge is 2.06. The molecule has 0 fully saturated rings. The molecule has 0 spiro atoms. The van der Waals surface area contributed by atoms with Gasteiger partial charge in [0.2, 0.25) is 0 Å². The van der Waals surface area contributed by atoms with E-state index >= 15 is 0 Å². The molecule has 2 N–H and O–H groups in total. The topological polar surface area (TPSA) is 62.2 Å². The van der Waals surface area contributed by atoms with Crippen molar-refractivity contribution >= 4 is 23.6 Å². The molecular weight excluding hydrogens is 228 g/mol. The van der Waals surface area contributed by atoms with Gasteiger partial charge in [-0.2, -0.15) is 0 Å². The van der Waals surface area contributed by atoms with Crippen LogP contribution in [0.25, 0.3) is 6.08 Å². The summed E-state index contributed by atoms with van der Waals surface area (Å²) < 4.78 is 0. The summed E-state index contributed by atoms with van der Waals surface area (Å²) in [5.74, 6) is -1.01. The Morgan fingerprint density at radius 3 is 3.06 bits per heavy atom. The van der Waals surface area contributed by atoms with E-state index in [1.54, 1.807) is 6.08 Å². The minimum Gasteiger partial charge on any atom is -0.478 e. The quantitative estimate of drug-likeness (QED) is 0.611. The summed E-state index contributed by atoms with van der Waals surface area (Å²) in [5.41, 5.74) is 0.760. The average Bonchev–Trinajstić information content (AvgIpc) is 2.26. The van der Waals surface area contributed by atoms with Crippen molar-refractivity contribution in [1.29, 1.82) is 0 Å². The summed E-state index contributed by atoms with van der Waals surface area (Å²) in [6.07, 6.45) is 5.80. The highest BCUT2D eigenvalue weighted by molar-refractivity contribution is 6.30. The first-order valence-corrected chi connectivity index (χ1v) is 5.23. The monoisotopic (exact) mass is 240 g/mol. The minimum atomic E-state index is -1.01. The smallest absolute Gasteiger partial charge is 0.337 e. The second-order valence-corrected chi connectivity index (χ2v) is 3.56. The van der Waals surface area contributed by atoms with Crippen LogP contribution in [0.4, 0.5) is 0 Å². The maximum Gasteiger partial charge on any atom is 0.337 e. The van der Waals surface area contributed by atoms with Gasteiger partial charge in [-0.05, 0) is 26.1 Å². The molecule has 4 nitrogen and oxygen atoms in total. The Bertz CT molecular complexity index is 405. The van der Waals surface area contributed by atoms with Crippen molar-refractivity contribution in [2.45, 2.75) is 6.42 Å². The molecule has 1 rings (SSSR count). The lowest BCUT2D eigenvalue weighted by atomic mass is 10.2. The molecule has 16 heavy (non-hydrogen) atoms. The third-order valence-corrected chi connectivity index (χ3v) is 2.29. The van der Waals surface area contributed by atoms with Gasteiger partial charge < -0.3 is 10.4 Å². The van der Waals surface area contributed by atoms with E-state index in [9.17, 15) is 4.79 Å². The summed E-state index contributed by atoms with van der Waals surface area (Å²) in [6.45, 7) is 0.861. The Morgan fingerprint density at radius 2 is 2.44 bits per heavy atom. The highest BCUT2D eigenvalue weighted by Crippen LogP contribution is 2.16. The number of carbonyl (C=O) groups is 1. The number of carboxylic acids is 1. The van der Waals surface area contributed by atoms with E-state index in [1.807, 2.05) is 13.1 Å². The van der Waals surface area contributed by atoms with Gasteiger partial charge in [0.05, 0.1) is 5.56 Å². The number of nitrogens with one attached hydrogen (secondary N) is 1. The molecule has 0 saturated heterocycles. The Morgan fingerprint density at radius 1 is 1.69 bits per heavy atom. The number of pyridine rings is 1. The predicted molar refractivity (Wildman–Crippen MR) is 63.8 cm³/mol. The lowest BCUT2D eigenvalue weighted by molar-refractivity contribution is 0.0696. The van der Waals surface area contributed by atoms with Crippen LogP contribution in [0.1, 0.15) is 22.3 Å². The second-order valence-electron chi connectivity index (χ2n) is 3.20. The fourth-order valence-electron chi connectivity index (χ4n) is 1.14. The van der Waals surface area contributed by atoms with Crippen molar-refractivity contribution in [3.63, 3.8) is 0 Å². The van der Waals surface area contributed by atoms with Crippen LogP contribution in [0.5, 0.6) is 0 Å². The molecule has 0 unspecified atom stereocenters. The van der Waals surface area contributed by atoms with Crippen molar-refractivity contribution in [2.24, 2.45) is 0 Å². The van der Waals surface area contributed by atoms with Gasteiger partial charge in [0.15, 0.2) is 0 Å². The van der Waals surface area contributed by atoms with E-state index in [2.05, 4.69) is 10.3 Å². The summed E-state index contributed by atoms with van der Waals surface area (Å²) in [5, 5.41) is 12.1. The zero-order valence-electron chi connectivity index (χ0n) is 8.90. The third kappa shape index (κ3) is 3.64. The van der Waals surface area contributed by atoms with Crippen molar-refractivity contribution < 1.29 is 9.90 Å². The van der Waals surface area contributed by atoms with Crippen molar-refractivity contribution in [3.05, 3.63) is 34.6 Å². The van der Waals surface area contributed by atoms with Crippen LogP contribution in [-0.4, -0.2) is 29.7 Å². The summed E-state index contributed by atoms with van der Waals surface area (Å²) in [6, 6.07) is 1.51. The van der Waals surface area contributed by atoms with Gasteiger partial charge in [0.25, 0.3) is 0 Å². The Labute approximate surface area is 99.0 Å². The van der Waals surface area contributed by atoms with E-state index in [0.717, 1.165) is 13.0 Å². The largest absolute Gasteiger partial charge is 0.478 e. The SMILES string of the molecule is CNCCC=Cc1cc(C(=O)O)cnc1Cl. The fourth-order valence-corrected chi connectivity index (χ4v) is 1.30. The molecule has 0 aliphatic rings. The summed E-state index contributed by atoms with van der Waals surface area (Å²) in [7, 11) is 1.87. The van der Waals surface area contributed by atoms with Crippen LogP contribution in [0, 0.1) is 0 Å². The third-order valence-electron chi connectivity index (χ3n) is 1.97. The van der Waals surface area contributed by atoms with Crippen LogP contribution in [-0.2, 0) is 0 Å². The van der Waals surface area contributed by atoms with Crippen LogP contribution in [0.3, 0.4) is 0 Å². The molecule has 0 saturated carbocycles. The van der Waals surface area contributed by atoms with Gasteiger partial charge >= 0.3 is 5.97 Å². The van der Waals surface area contributed by atoms with Crippen molar-refractivity contribution in [3.8, 4) is 0 Å². The number of rotatable bonds is 5. The molecule has 0 amide bonds. The molecule has 0 aromatic carbocycles. The first-order valence-electron chi connectivity index (χ1n) is 4.85. The van der Waals surface area contributed by atoms with E-state index in [0.29, 0.717) is 10.7 Å². The average molecular weight is 241 g/mol. The second kappa shape index (κ2) is 6.25. The zero-order valence-corrected chi connectivity index (χ0v) is 9.66. The lowest BCUT2D eigenvalue weighted by Gasteiger charge is -1.99. The molecule has 1 aromatic rings. The molecular formula is C11H13ClN2O2. The Kier molecular flexibility index (Phi) is 4.95. The maximum absolute atomic E-state index is 10.7. The molecule has 1 aromatic heterocycles. The van der Waals surface area contributed by atoms with Gasteiger partial charge in [-0.3, -0.25) is 0 Å². The maximum atomic E-state index is 10.7. The first-order chi connectivity index (χ1) is 7.65. The van der Waals surface area contributed by atoms with Gasteiger partial charge in [0.1, 0.15) is 5.15 Å². The number of hydrogen-bond acceptors (Lipinski definition) is 3. The number of hydrogen-bond donors (Lipinski definition) is 2. The molecule has 0 radical (unpaired) electrons. The predicted octanol–water partition coefficient (Wildman–Crippen LogP) is 2.06. The number of aromatic carboxylic acids is 1. The van der Waals surface area contributed by atoms with Gasteiger partial charge in [-0.15, -0.1) is 0 Å². The van der Waals surface area contributed by atoms with Gasteiger partial charge in [0, 0.05) is 11.8 Å². The first kappa shape index (κ1) is 12.7. The van der Waals surface area contributed by atoms with E-state index < -0.39 is 5.97 Å². The van der Waals surface area contributed by atoms with Crippen LogP contribution in [0.2, 0.25) is 5.15 Å². The molecule has 86 valence electrons. The summed E-state index contributed by atoms with van der Waals surface area (Å²) >= 11 is 5.84. The highest BCUT2D eigenvalue weighted by atomic mass is 35.5. The fraction of sp³-hybridized carbons (Fsp3) is 0.273. The number of halogens is 1. The molecule has 0 aliphatic carbocycles. The van der Waals surface area contributed by atoms with Gasteiger partial charge in [-0.25, -0.2) is 9.78 Å². The number of carboxylic acid groups (broad SMARTS) is 1. The Balaban J connectivity index is 2.82.